The van der Waals surface area contributed by atoms with Crippen LogP contribution in [0.4, 0.5) is 0 Å². The highest BCUT2D eigenvalue weighted by molar-refractivity contribution is 5.97. The number of allylic oxidation sites excluding steroid dienone is 4. The topological polar surface area (TPSA) is 142 Å². The van der Waals surface area contributed by atoms with Gasteiger partial charge in [0.05, 0.1) is 0 Å². The number of pyridine rings is 2. The SMILES string of the molecule is C/C1=C\C=C(/C)CNC(=O)c2cccc(n2)C(=O)NC/C(C)=C/C=C(\C)CNC(=O)c2cccc(n2)C(=O)NC1. The zero-order chi connectivity index (χ0) is 29.1. The summed E-state index contributed by atoms with van der Waals surface area (Å²) in [5, 5.41) is 11.2. The summed E-state index contributed by atoms with van der Waals surface area (Å²) in [6.45, 7) is 8.57. The molecule has 4 bridgehead atoms. The van der Waals surface area contributed by atoms with Gasteiger partial charge in [-0.05, 0) is 52.0 Å². The Bertz CT molecular complexity index is 1210. The first-order valence-electron chi connectivity index (χ1n) is 12.8. The highest BCUT2D eigenvalue weighted by atomic mass is 16.2. The van der Waals surface area contributed by atoms with E-state index in [1.54, 1.807) is 36.4 Å². The summed E-state index contributed by atoms with van der Waals surface area (Å²) >= 11 is 0. The summed E-state index contributed by atoms with van der Waals surface area (Å²) in [7, 11) is 0. The number of rotatable bonds is 0. The lowest BCUT2D eigenvalue weighted by Crippen LogP contribution is -2.29. The number of hydrogen-bond donors (Lipinski definition) is 4. The van der Waals surface area contributed by atoms with Crippen molar-refractivity contribution in [3.63, 3.8) is 0 Å². The number of fused-ring (bicyclic) bond motifs is 4. The molecule has 10 heteroatoms. The molecule has 0 radical (unpaired) electrons. The predicted molar refractivity (Wildman–Crippen MR) is 153 cm³/mol. The molecule has 0 aliphatic carbocycles. The lowest BCUT2D eigenvalue weighted by atomic mass is 10.2. The van der Waals surface area contributed by atoms with E-state index in [4.69, 9.17) is 0 Å². The van der Waals surface area contributed by atoms with E-state index in [9.17, 15) is 19.2 Å². The minimum absolute atomic E-state index is 0.141. The highest BCUT2D eigenvalue weighted by Crippen LogP contribution is 2.05. The van der Waals surface area contributed by atoms with Crippen molar-refractivity contribution < 1.29 is 19.2 Å². The van der Waals surface area contributed by atoms with Gasteiger partial charge in [-0.1, -0.05) is 58.7 Å². The van der Waals surface area contributed by atoms with Crippen molar-refractivity contribution in [1.82, 2.24) is 31.2 Å². The summed E-state index contributed by atoms with van der Waals surface area (Å²) in [4.78, 5) is 58.9. The zero-order valence-electron chi connectivity index (χ0n) is 23.1. The van der Waals surface area contributed by atoms with Gasteiger partial charge in [-0.25, -0.2) is 9.97 Å². The summed E-state index contributed by atoms with van der Waals surface area (Å²) in [6.07, 6.45) is 7.38. The molecule has 4 amide bonds. The number of nitrogens with one attached hydrogen (secondary N) is 4. The quantitative estimate of drug-likeness (QED) is 0.403. The van der Waals surface area contributed by atoms with Crippen LogP contribution in [0.25, 0.3) is 0 Å². The minimum Gasteiger partial charge on any atom is -0.347 e. The van der Waals surface area contributed by atoms with E-state index in [1.165, 1.54) is 0 Å². The van der Waals surface area contributed by atoms with E-state index in [1.807, 2.05) is 52.0 Å². The van der Waals surface area contributed by atoms with E-state index >= 15 is 0 Å². The molecular weight excluding hydrogens is 508 g/mol. The maximum atomic E-state index is 12.6. The molecule has 40 heavy (non-hydrogen) atoms. The van der Waals surface area contributed by atoms with E-state index in [-0.39, 0.29) is 49.0 Å². The average molecular weight is 543 g/mol. The van der Waals surface area contributed by atoms with Gasteiger partial charge in [0.15, 0.2) is 0 Å². The molecular formula is C30H34N6O4. The summed E-state index contributed by atoms with van der Waals surface area (Å²) in [6, 6.07) is 9.43. The number of carbonyl (C=O) groups is 4. The van der Waals surface area contributed by atoms with Crippen molar-refractivity contribution in [1.29, 1.82) is 0 Å². The van der Waals surface area contributed by atoms with Crippen LogP contribution < -0.4 is 21.3 Å². The number of amides is 4. The molecule has 0 atom stereocenters. The van der Waals surface area contributed by atoms with Crippen LogP contribution in [0.1, 0.15) is 69.6 Å². The molecule has 10 nitrogen and oxygen atoms in total. The second-order valence-corrected chi connectivity index (χ2v) is 9.60. The van der Waals surface area contributed by atoms with Crippen molar-refractivity contribution in [3.8, 4) is 0 Å². The van der Waals surface area contributed by atoms with Crippen molar-refractivity contribution in [2.24, 2.45) is 0 Å². The van der Waals surface area contributed by atoms with Gasteiger partial charge in [0, 0.05) is 26.2 Å². The Morgan fingerprint density at radius 2 is 0.675 bits per heavy atom. The van der Waals surface area contributed by atoms with Crippen LogP contribution in [-0.2, 0) is 0 Å². The third kappa shape index (κ3) is 9.16. The summed E-state index contributed by atoms with van der Waals surface area (Å²) in [5.41, 5.74) is 4.07. The number of hydrogen-bond acceptors (Lipinski definition) is 6. The largest absolute Gasteiger partial charge is 0.347 e. The molecule has 1 aliphatic rings. The van der Waals surface area contributed by atoms with Crippen molar-refractivity contribution in [3.05, 3.63) is 106 Å². The molecule has 3 rings (SSSR count). The third-order valence-electron chi connectivity index (χ3n) is 5.84. The number of aromatic nitrogens is 2. The van der Waals surface area contributed by atoms with Crippen LogP contribution in [0.15, 0.2) is 83.0 Å². The van der Waals surface area contributed by atoms with E-state index < -0.39 is 23.6 Å². The fourth-order valence-electron chi connectivity index (χ4n) is 3.42. The Morgan fingerprint density at radius 1 is 0.450 bits per heavy atom. The molecule has 0 spiro atoms. The van der Waals surface area contributed by atoms with Crippen LogP contribution in [0.2, 0.25) is 0 Å². The van der Waals surface area contributed by atoms with Crippen LogP contribution in [0.5, 0.6) is 0 Å². The van der Waals surface area contributed by atoms with E-state index in [0.717, 1.165) is 22.3 Å². The van der Waals surface area contributed by atoms with Crippen molar-refractivity contribution in [2.45, 2.75) is 27.7 Å². The first-order chi connectivity index (χ1) is 19.1. The molecule has 0 saturated heterocycles. The van der Waals surface area contributed by atoms with E-state index in [2.05, 4.69) is 31.2 Å². The molecule has 0 aromatic carbocycles. The molecule has 0 saturated carbocycles. The first-order valence-corrected chi connectivity index (χ1v) is 12.8. The van der Waals surface area contributed by atoms with Crippen LogP contribution in [-0.4, -0.2) is 59.8 Å². The number of carbonyl (C=O) groups excluding carboxylic acids is 4. The third-order valence-corrected chi connectivity index (χ3v) is 5.84. The Kier molecular flexibility index (Phi) is 10.6. The maximum Gasteiger partial charge on any atom is 0.270 e. The van der Waals surface area contributed by atoms with Crippen molar-refractivity contribution in [2.75, 3.05) is 26.2 Å². The second-order valence-electron chi connectivity index (χ2n) is 9.60. The minimum atomic E-state index is -0.393. The van der Waals surface area contributed by atoms with Gasteiger partial charge in [0.25, 0.3) is 23.6 Å². The predicted octanol–water partition coefficient (Wildman–Crippen LogP) is 2.89. The standard InChI is InChI=1S/C30H34N6O4/c1-19-11-12-20(2)16-32-28(38)25-9-6-10-26(36-25)30(40)34-18-22(4)14-13-21(3)17-33-29(39)24-8-5-7-23(35-24)27(37)31-15-19/h5-14H,15-18H2,1-4H3,(H,31,37)(H,32,38)(H,33,39)(H,34,40)/b19-11+,20-12+,21-13+,22-14+. The fraction of sp³-hybridized carbons (Fsp3) is 0.267. The number of nitrogens with zero attached hydrogens (tertiary/aromatic N) is 2. The first kappa shape index (κ1) is 29.7. The van der Waals surface area contributed by atoms with Gasteiger partial charge in [0.1, 0.15) is 22.8 Å². The van der Waals surface area contributed by atoms with Gasteiger partial charge in [-0.2, -0.15) is 0 Å². The molecule has 3 heterocycles. The highest BCUT2D eigenvalue weighted by Gasteiger charge is 2.14. The van der Waals surface area contributed by atoms with Crippen LogP contribution in [0.3, 0.4) is 0 Å². The molecule has 2 aromatic heterocycles. The smallest absolute Gasteiger partial charge is 0.270 e. The average Bonchev–Trinajstić information content (AvgIpc) is 2.97. The lowest BCUT2D eigenvalue weighted by molar-refractivity contribution is 0.0931. The molecule has 4 N–H and O–H groups in total. The normalized spacial score (nSPS) is 21.9. The second kappa shape index (κ2) is 14.3. The summed E-state index contributed by atoms with van der Waals surface area (Å²) < 4.78 is 0. The van der Waals surface area contributed by atoms with Gasteiger partial charge < -0.3 is 21.3 Å². The molecule has 2 aromatic rings. The Morgan fingerprint density at radius 3 is 0.900 bits per heavy atom. The Hall–Kier alpha value is -4.86. The van der Waals surface area contributed by atoms with E-state index in [0.29, 0.717) is 0 Å². The maximum absolute atomic E-state index is 12.6. The molecule has 0 fully saturated rings. The van der Waals surface area contributed by atoms with Crippen LogP contribution in [0, 0.1) is 0 Å². The Labute approximate surface area is 233 Å². The summed E-state index contributed by atoms with van der Waals surface area (Å²) in [5.74, 6) is -1.57. The molecule has 208 valence electrons. The van der Waals surface area contributed by atoms with Gasteiger partial charge in [-0.3, -0.25) is 19.2 Å². The Balaban J connectivity index is 1.82. The molecule has 1 aliphatic heterocycles. The van der Waals surface area contributed by atoms with Gasteiger partial charge >= 0.3 is 0 Å². The molecule has 0 unspecified atom stereocenters. The van der Waals surface area contributed by atoms with Gasteiger partial charge in [-0.15, -0.1) is 0 Å². The van der Waals surface area contributed by atoms with Crippen molar-refractivity contribution >= 4 is 23.6 Å². The van der Waals surface area contributed by atoms with Crippen LogP contribution >= 0.6 is 0 Å². The van der Waals surface area contributed by atoms with Gasteiger partial charge in [0.2, 0.25) is 0 Å². The fourth-order valence-corrected chi connectivity index (χ4v) is 3.42. The monoisotopic (exact) mass is 542 g/mol. The lowest BCUT2D eigenvalue weighted by Gasteiger charge is -2.09. The zero-order valence-corrected chi connectivity index (χ0v) is 23.1.